The molecular weight excluding hydrogens is 392 g/mol. The monoisotopic (exact) mass is 414 g/mol. The molecule has 1 saturated heterocycles. The SMILES string of the molecule is CCCc1ccc([C@@]2(C)NC(=O)N(Cc3cc(Cl)cc4c3OCOC4)C2=O)cc1. The summed E-state index contributed by atoms with van der Waals surface area (Å²) in [4.78, 5) is 27.2. The summed E-state index contributed by atoms with van der Waals surface area (Å²) < 4.78 is 10.9. The van der Waals surface area contributed by atoms with E-state index in [1.54, 1.807) is 19.1 Å². The molecule has 2 aromatic carbocycles. The van der Waals surface area contributed by atoms with Crippen LogP contribution in [0.15, 0.2) is 36.4 Å². The molecular formula is C22H23ClN2O4. The van der Waals surface area contributed by atoms with E-state index in [2.05, 4.69) is 12.2 Å². The summed E-state index contributed by atoms with van der Waals surface area (Å²) in [6, 6.07) is 10.9. The molecule has 0 saturated carbocycles. The predicted molar refractivity (Wildman–Crippen MR) is 109 cm³/mol. The van der Waals surface area contributed by atoms with Crippen molar-refractivity contribution in [2.75, 3.05) is 6.79 Å². The van der Waals surface area contributed by atoms with Gasteiger partial charge in [0.25, 0.3) is 5.91 Å². The van der Waals surface area contributed by atoms with Crippen LogP contribution in [0.2, 0.25) is 5.02 Å². The normalized spacial score (nSPS) is 21.0. The number of nitrogens with one attached hydrogen (secondary N) is 1. The van der Waals surface area contributed by atoms with Crippen LogP contribution in [0.3, 0.4) is 0 Å². The van der Waals surface area contributed by atoms with Gasteiger partial charge in [0.15, 0.2) is 6.79 Å². The van der Waals surface area contributed by atoms with Gasteiger partial charge in [-0.2, -0.15) is 0 Å². The minimum absolute atomic E-state index is 0.0804. The molecule has 3 amide bonds. The molecule has 29 heavy (non-hydrogen) atoms. The maximum atomic E-state index is 13.3. The van der Waals surface area contributed by atoms with Crippen LogP contribution in [0.5, 0.6) is 5.75 Å². The van der Waals surface area contributed by atoms with Crippen molar-refractivity contribution < 1.29 is 19.1 Å². The van der Waals surface area contributed by atoms with Crippen molar-refractivity contribution in [1.29, 1.82) is 0 Å². The number of carbonyl (C=O) groups excluding carboxylic acids is 2. The van der Waals surface area contributed by atoms with Gasteiger partial charge in [0.2, 0.25) is 0 Å². The number of fused-ring (bicyclic) bond motifs is 1. The Balaban J connectivity index is 1.61. The highest BCUT2D eigenvalue weighted by Crippen LogP contribution is 2.35. The van der Waals surface area contributed by atoms with E-state index < -0.39 is 11.6 Å². The number of carbonyl (C=O) groups is 2. The van der Waals surface area contributed by atoms with E-state index in [1.165, 1.54) is 10.5 Å². The summed E-state index contributed by atoms with van der Waals surface area (Å²) in [5.74, 6) is 0.324. The topological polar surface area (TPSA) is 67.9 Å². The van der Waals surface area contributed by atoms with Crippen molar-refractivity contribution in [2.45, 2.75) is 45.4 Å². The van der Waals surface area contributed by atoms with E-state index in [1.807, 2.05) is 24.3 Å². The molecule has 4 rings (SSSR count). The van der Waals surface area contributed by atoms with Gasteiger partial charge in [0.1, 0.15) is 11.3 Å². The number of halogens is 1. The molecule has 0 unspecified atom stereocenters. The number of urea groups is 1. The average molecular weight is 415 g/mol. The van der Waals surface area contributed by atoms with Crippen LogP contribution in [-0.4, -0.2) is 23.6 Å². The summed E-state index contributed by atoms with van der Waals surface area (Å²) in [7, 11) is 0. The Labute approximate surface area is 174 Å². The zero-order chi connectivity index (χ0) is 20.6. The largest absolute Gasteiger partial charge is 0.467 e. The molecule has 1 atom stereocenters. The van der Waals surface area contributed by atoms with Gasteiger partial charge in [0, 0.05) is 16.1 Å². The fraction of sp³-hybridized carbons (Fsp3) is 0.364. The number of hydrogen-bond donors (Lipinski definition) is 1. The second-order valence-corrected chi connectivity index (χ2v) is 7.99. The molecule has 0 bridgehead atoms. The Hall–Kier alpha value is -2.57. The van der Waals surface area contributed by atoms with Gasteiger partial charge in [-0.15, -0.1) is 0 Å². The Morgan fingerprint density at radius 2 is 1.97 bits per heavy atom. The zero-order valence-electron chi connectivity index (χ0n) is 16.5. The maximum Gasteiger partial charge on any atom is 0.325 e. The smallest absolute Gasteiger partial charge is 0.325 e. The zero-order valence-corrected chi connectivity index (χ0v) is 17.2. The third-order valence-electron chi connectivity index (χ3n) is 5.43. The van der Waals surface area contributed by atoms with Crippen LogP contribution in [0, 0.1) is 0 Å². The van der Waals surface area contributed by atoms with E-state index >= 15 is 0 Å². The van der Waals surface area contributed by atoms with Crippen molar-refractivity contribution in [1.82, 2.24) is 10.2 Å². The first-order valence-corrected chi connectivity index (χ1v) is 10.1. The lowest BCUT2D eigenvalue weighted by Crippen LogP contribution is -2.40. The van der Waals surface area contributed by atoms with Crippen LogP contribution in [-0.2, 0) is 34.6 Å². The van der Waals surface area contributed by atoms with Gasteiger partial charge in [0.05, 0.1) is 13.2 Å². The van der Waals surface area contributed by atoms with Crippen LogP contribution in [0.4, 0.5) is 4.79 Å². The van der Waals surface area contributed by atoms with Gasteiger partial charge in [-0.25, -0.2) is 4.79 Å². The number of nitrogens with zero attached hydrogens (tertiary/aromatic N) is 1. The number of rotatable bonds is 5. The van der Waals surface area contributed by atoms with Gasteiger partial charge in [-0.3, -0.25) is 9.69 Å². The Morgan fingerprint density at radius 1 is 1.21 bits per heavy atom. The molecule has 1 N–H and O–H groups in total. The highest BCUT2D eigenvalue weighted by Gasteiger charge is 2.49. The number of aryl methyl sites for hydroxylation is 1. The average Bonchev–Trinajstić information content (AvgIpc) is 2.92. The molecule has 152 valence electrons. The molecule has 0 aromatic heterocycles. The van der Waals surface area contributed by atoms with Crippen molar-refractivity contribution in [3.05, 3.63) is 63.7 Å². The molecule has 7 heteroatoms. The molecule has 0 radical (unpaired) electrons. The third-order valence-corrected chi connectivity index (χ3v) is 5.64. The van der Waals surface area contributed by atoms with Crippen LogP contribution >= 0.6 is 11.6 Å². The number of hydrogen-bond acceptors (Lipinski definition) is 4. The van der Waals surface area contributed by atoms with Crippen LogP contribution in [0.1, 0.15) is 42.5 Å². The van der Waals surface area contributed by atoms with Crippen molar-refractivity contribution in [3.63, 3.8) is 0 Å². The predicted octanol–water partition coefficient (Wildman–Crippen LogP) is 4.13. The fourth-order valence-electron chi connectivity index (χ4n) is 3.87. The minimum atomic E-state index is -1.11. The third kappa shape index (κ3) is 3.58. The van der Waals surface area contributed by atoms with Gasteiger partial charge < -0.3 is 14.8 Å². The van der Waals surface area contributed by atoms with Crippen molar-refractivity contribution in [3.8, 4) is 5.75 Å². The van der Waals surface area contributed by atoms with Crippen LogP contribution < -0.4 is 10.1 Å². The first kappa shape index (κ1) is 19.7. The van der Waals surface area contributed by atoms with Crippen molar-refractivity contribution >= 4 is 23.5 Å². The molecule has 2 aliphatic heterocycles. The number of benzene rings is 2. The molecule has 0 spiro atoms. The summed E-state index contributed by atoms with van der Waals surface area (Å²) in [5.41, 5.74) is 2.35. The fourth-order valence-corrected chi connectivity index (χ4v) is 4.14. The van der Waals surface area contributed by atoms with E-state index in [0.29, 0.717) is 22.9 Å². The lowest BCUT2D eigenvalue weighted by molar-refractivity contribution is -0.131. The Morgan fingerprint density at radius 3 is 2.69 bits per heavy atom. The van der Waals surface area contributed by atoms with E-state index in [9.17, 15) is 9.59 Å². The Kier molecular flexibility index (Phi) is 5.23. The summed E-state index contributed by atoms with van der Waals surface area (Å²) >= 11 is 6.22. The minimum Gasteiger partial charge on any atom is -0.467 e. The standard InChI is InChI=1S/C22H23ClN2O4/c1-3-4-14-5-7-17(8-6-14)22(2)20(26)25(21(27)24-22)11-15-9-18(23)10-16-12-28-13-29-19(15)16/h5-10H,3-4,11-13H2,1-2H3,(H,24,27)/t22-/m1/s1. The van der Waals surface area contributed by atoms with E-state index in [-0.39, 0.29) is 19.2 Å². The summed E-state index contributed by atoms with van der Waals surface area (Å²) in [6.07, 6.45) is 2.03. The summed E-state index contributed by atoms with van der Waals surface area (Å²) in [6.45, 7) is 4.45. The Bertz CT molecular complexity index is 960. The second-order valence-electron chi connectivity index (χ2n) is 7.56. The second kappa shape index (κ2) is 7.69. The molecule has 2 aliphatic rings. The van der Waals surface area contributed by atoms with Gasteiger partial charge >= 0.3 is 6.03 Å². The van der Waals surface area contributed by atoms with Gasteiger partial charge in [-0.1, -0.05) is 49.2 Å². The molecule has 2 heterocycles. The highest BCUT2D eigenvalue weighted by atomic mass is 35.5. The summed E-state index contributed by atoms with van der Waals surface area (Å²) in [5, 5.41) is 3.36. The van der Waals surface area contributed by atoms with Gasteiger partial charge in [-0.05, 0) is 36.6 Å². The van der Waals surface area contributed by atoms with Crippen LogP contribution in [0.25, 0.3) is 0 Å². The lowest BCUT2D eigenvalue weighted by atomic mass is 9.91. The maximum absolute atomic E-state index is 13.3. The lowest BCUT2D eigenvalue weighted by Gasteiger charge is -2.24. The molecule has 2 aromatic rings. The van der Waals surface area contributed by atoms with E-state index in [4.69, 9.17) is 21.1 Å². The first-order chi connectivity index (χ1) is 13.9. The number of ether oxygens (including phenoxy) is 2. The molecule has 0 aliphatic carbocycles. The molecule has 1 fully saturated rings. The highest BCUT2D eigenvalue weighted by molar-refractivity contribution is 6.30. The quantitative estimate of drug-likeness (QED) is 0.747. The number of amides is 3. The van der Waals surface area contributed by atoms with Crippen molar-refractivity contribution in [2.24, 2.45) is 0 Å². The molecule has 6 nitrogen and oxygen atoms in total. The first-order valence-electron chi connectivity index (χ1n) is 9.67. The van der Waals surface area contributed by atoms with E-state index in [0.717, 1.165) is 24.0 Å². The number of imide groups is 1.